The van der Waals surface area contributed by atoms with Gasteiger partial charge in [-0.1, -0.05) is 70.6 Å². The average Bonchev–Trinajstić information content (AvgIpc) is 1.52. The predicted octanol–water partition coefficient (Wildman–Crippen LogP) is 7.61. The van der Waals surface area contributed by atoms with E-state index in [1.54, 1.807) is 40.2 Å². The molecule has 0 radical (unpaired) electrons. The quantitative estimate of drug-likeness (QED) is 0.0314. The number of aliphatic hydroxyl groups is 3. The smallest absolute Gasteiger partial charge is 0.347 e. The summed E-state index contributed by atoms with van der Waals surface area (Å²) in [5, 5.41) is 73.1. The fourth-order valence-corrected chi connectivity index (χ4v) is 13.9. The zero-order valence-corrected chi connectivity index (χ0v) is 55.8. The minimum absolute atomic E-state index is 0.0317. The number of aryl methyl sites for hydroxylation is 1. The molecule has 0 aromatic heterocycles. The fraction of sp³-hybridized carbons (Fsp3) is 0.571. The van der Waals surface area contributed by atoms with E-state index in [4.69, 9.17) is 66.7 Å². The number of hydrogen-bond donors (Lipinski definition) is 7. The van der Waals surface area contributed by atoms with Crippen molar-refractivity contribution in [2.45, 2.75) is 212 Å². The minimum atomic E-state index is -1.84. The van der Waals surface area contributed by atoms with Crippen molar-refractivity contribution in [2.75, 3.05) is 20.8 Å². The minimum Gasteiger partial charge on any atom is -0.507 e. The van der Waals surface area contributed by atoms with Gasteiger partial charge in [-0.3, -0.25) is 9.59 Å². The van der Waals surface area contributed by atoms with Gasteiger partial charge in [0.25, 0.3) is 0 Å². The van der Waals surface area contributed by atoms with E-state index in [9.17, 15) is 59.4 Å². The first-order chi connectivity index (χ1) is 45.5. The van der Waals surface area contributed by atoms with Crippen molar-refractivity contribution in [3.63, 3.8) is 0 Å². The molecule has 1 aliphatic carbocycles. The molecule has 10 rings (SSSR count). The van der Waals surface area contributed by atoms with Crippen LogP contribution in [-0.2, 0) is 73.1 Å². The van der Waals surface area contributed by atoms with E-state index in [-0.39, 0.29) is 71.4 Å². The summed E-state index contributed by atoms with van der Waals surface area (Å²) in [6, 6.07) is 1.13. The summed E-state index contributed by atoms with van der Waals surface area (Å²) in [6.45, 7) is 17.9. The molecule has 2 aromatic rings. The molecule has 20 atom stereocenters. The Hall–Kier alpha value is -7.18. The van der Waals surface area contributed by atoms with Gasteiger partial charge in [-0.25, -0.2) is 19.2 Å². The first-order valence-corrected chi connectivity index (χ1v) is 32.2. The van der Waals surface area contributed by atoms with E-state index in [1.165, 1.54) is 13.8 Å². The summed E-state index contributed by atoms with van der Waals surface area (Å²) < 4.78 is 79.6. The Morgan fingerprint density at radius 1 is 0.833 bits per heavy atom. The van der Waals surface area contributed by atoms with Crippen molar-refractivity contribution in [3.8, 4) is 28.7 Å². The van der Waals surface area contributed by atoms with Crippen molar-refractivity contribution in [2.24, 2.45) is 23.7 Å². The highest BCUT2D eigenvalue weighted by molar-refractivity contribution is 6.03. The van der Waals surface area contributed by atoms with E-state index >= 15 is 0 Å². The fourth-order valence-electron chi connectivity index (χ4n) is 13.9. The van der Waals surface area contributed by atoms with E-state index in [0.717, 1.165) is 18.1 Å². The number of carbonyl (C=O) groups excluding carboxylic acids is 4. The number of ether oxygens (including phenoxy) is 13. The van der Waals surface area contributed by atoms with Crippen molar-refractivity contribution < 1.29 is 126 Å². The molecule has 4 fully saturated rings. The number of aromatic hydroxyl groups is 2. The van der Waals surface area contributed by atoms with Crippen molar-refractivity contribution in [1.29, 1.82) is 0 Å². The van der Waals surface area contributed by atoms with Crippen LogP contribution in [0.2, 0.25) is 0 Å². The van der Waals surface area contributed by atoms with Gasteiger partial charge in [-0.2, -0.15) is 0 Å². The van der Waals surface area contributed by atoms with Gasteiger partial charge in [0.2, 0.25) is 0 Å². The molecule has 1 spiro atoms. The SMILES string of the molecule is CCC(C)C1OC2(C=CC1C)CC1CC(CC=C(C)C(OC3CC(OC)C(OC4CC(OC)C(O)C(C)O4)C(C)O3)C(C)C=CC=C3COC4C(O)C(C)=CC(C(=O)O1)C34O)O2.Cc1cc(O)c(C=O)c2c1C(=O)Oc1c(COC(=O)C=CC(=O)O)c(O)c(C(=O)O)c(C)c1O2. The number of phenols is 2. The molecule has 8 aliphatic rings. The standard InChI is InChI=1S/C48H72O14.C22H16O12/c1-11-25(2)43-28(5)17-18-47(62-43)23-34-20-33(61-47)16-15-27(4)42(26(3)13-12-14-32-24-55-45-40(49)29(6)19-35(46(51)58-34)48(32,45)52)59-39-22-37(54-10)44(31(8)57-39)60-38-21-36(53-9)41(50)30(7)56-38;1-8-5-12(24)10(6-23)19-15(8)22(31)34-20-11(7-32-14(27)4-3-13(25)26)17(28)16(21(29)30)9(2)18(20)33-19/h12-15,17-19,25-26,28,30-31,33-45,49-50,52H,11,16,20-24H2,1-10H3;3-6,24,28H,7H2,1-2H3,(H,25,26)(H,29,30). The highest BCUT2D eigenvalue weighted by Crippen LogP contribution is 2.51. The molecule has 4 saturated heterocycles. The maximum atomic E-state index is 14.3. The summed E-state index contributed by atoms with van der Waals surface area (Å²) in [6.07, 6.45) is 9.85. The Labute approximate surface area is 555 Å². The van der Waals surface area contributed by atoms with Crippen LogP contribution in [0.1, 0.15) is 142 Å². The number of rotatable bonds is 14. The molecule has 524 valence electrons. The molecule has 0 saturated carbocycles. The first-order valence-electron chi connectivity index (χ1n) is 32.2. The van der Waals surface area contributed by atoms with Crippen LogP contribution >= 0.6 is 0 Å². The Morgan fingerprint density at radius 2 is 1.53 bits per heavy atom. The number of esters is 3. The van der Waals surface area contributed by atoms with Crippen LogP contribution in [0, 0.1) is 37.5 Å². The van der Waals surface area contributed by atoms with Crippen molar-refractivity contribution in [3.05, 3.63) is 111 Å². The van der Waals surface area contributed by atoms with E-state index in [2.05, 4.69) is 39.8 Å². The van der Waals surface area contributed by atoms with E-state index in [1.807, 2.05) is 32.1 Å². The summed E-state index contributed by atoms with van der Waals surface area (Å²) >= 11 is 0. The lowest BCUT2D eigenvalue weighted by atomic mass is 9.71. The van der Waals surface area contributed by atoms with Crippen molar-refractivity contribution >= 4 is 36.1 Å². The molecule has 2 bridgehead atoms. The van der Waals surface area contributed by atoms with Gasteiger partial charge < -0.3 is 97.3 Å². The number of aromatic carboxylic acids is 1. The number of phenolic OH excluding ortho intramolecular Hbond substituents is 1. The maximum absolute atomic E-state index is 14.3. The molecule has 96 heavy (non-hydrogen) atoms. The zero-order chi connectivity index (χ0) is 70.0. The number of methoxy groups -OCH3 is 2. The largest absolute Gasteiger partial charge is 0.507 e. The normalized spacial score (nSPS) is 34.6. The third kappa shape index (κ3) is 15.1. The average molecular weight is 1350 g/mol. The predicted molar refractivity (Wildman–Crippen MR) is 337 cm³/mol. The van der Waals surface area contributed by atoms with Gasteiger partial charge in [0.05, 0.1) is 60.5 Å². The van der Waals surface area contributed by atoms with Crippen LogP contribution in [0.3, 0.4) is 0 Å². The van der Waals surface area contributed by atoms with Gasteiger partial charge >= 0.3 is 29.8 Å². The second kappa shape index (κ2) is 30.3. The van der Waals surface area contributed by atoms with Crippen LogP contribution in [-0.4, -0.2) is 190 Å². The van der Waals surface area contributed by atoms with Crippen LogP contribution in [0.25, 0.3) is 0 Å². The van der Waals surface area contributed by atoms with Gasteiger partial charge in [0, 0.05) is 69.5 Å². The van der Waals surface area contributed by atoms with Gasteiger partial charge in [0.15, 0.2) is 41.9 Å². The van der Waals surface area contributed by atoms with Crippen LogP contribution < -0.4 is 9.47 Å². The summed E-state index contributed by atoms with van der Waals surface area (Å²) in [4.78, 5) is 73.0. The number of fused-ring (bicyclic) bond motifs is 4. The summed E-state index contributed by atoms with van der Waals surface area (Å²) in [5.41, 5.74) is -1.67. The highest BCUT2D eigenvalue weighted by Gasteiger charge is 2.60. The second-order valence-electron chi connectivity index (χ2n) is 26.0. The number of allylic oxidation sites excluding steroid dienone is 2. The number of carbonyl (C=O) groups is 6. The Kier molecular flexibility index (Phi) is 23.1. The van der Waals surface area contributed by atoms with Gasteiger partial charge in [-0.15, -0.1) is 0 Å². The molecule has 26 nitrogen and oxygen atoms in total. The number of hydrogen-bond acceptors (Lipinski definition) is 24. The van der Waals surface area contributed by atoms with Crippen LogP contribution in [0.5, 0.6) is 28.7 Å². The highest BCUT2D eigenvalue weighted by atomic mass is 16.7. The van der Waals surface area contributed by atoms with Gasteiger partial charge in [0.1, 0.15) is 71.3 Å². The number of aliphatic carboxylic acids is 1. The monoisotopic (exact) mass is 1340 g/mol. The van der Waals surface area contributed by atoms with Crippen LogP contribution in [0.4, 0.5) is 0 Å². The molecule has 20 unspecified atom stereocenters. The molecular formula is C70H88O26. The number of carboxylic acid groups (broad SMARTS) is 2. The van der Waals surface area contributed by atoms with E-state index < -0.39 is 161 Å². The van der Waals surface area contributed by atoms with Gasteiger partial charge in [-0.05, 0) is 88.3 Å². The number of carboxylic acids is 2. The molecule has 7 heterocycles. The summed E-state index contributed by atoms with van der Waals surface area (Å²) in [5.74, 6) is -10.5. The lowest BCUT2D eigenvalue weighted by Crippen LogP contribution is -2.58. The lowest BCUT2D eigenvalue weighted by Gasteiger charge is -2.48. The topological polar surface area (TPSA) is 364 Å². The van der Waals surface area contributed by atoms with Crippen LogP contribution in [0.15, 0.2) is 77.5 Å². The molecule has 2 aromatic carbocycles. The molecule has 0 amide bonds. The molecular weight excluding hydrogens is 1260 g/mol. The Bertz CT molecular complexity index is 3470. The number of aliphatic hydroxyl groups excluding tert-OH is 2. The number of aldehydes is 1. The molecule has 26 heteroatoms. The first kappa shape index (κ1) is 73.1. The Morgan fingerprint density at radius 3 is 2.21 bits per heavy atom. The molecule has 7 N–H and O–H groups in total. The number of benzene rings is 2. The lowest BCUT2D eigenvalue weighted by molar-refractivity contribution is -0.318. The Balaban J connectivity index is 0.000000268. The second-order valence-corrected chi connectivity index (χ2v) is 26.0. The maximum Gasteiger partial charge on any atom is 0.347 e. The van der Waals surface area contributed by atoms with E-state index in [0.29, 0.717) is 55.4 Å². The third-order valence-electron chi connectivity index (χ3n) is 19.4. The molecule has 7 aliphatic heterocycles. The third-order valence-corrected chi connectivity index (χ3v) is 19.4. The zero-order valence-electron chi connectivity index (χ0n) is 55.8. The summed E-state index contributed by atoms with van der Waals surface area (Å²) in [7, 11) is 3.22. The van der Waals surface area contributed by atoms with Crippen molar-refractivity contribution in [1.82, 2.24) is 0 Å².